The molecule has 100 valence electrons. The Balaban J connectivity index is 2.15. The quantitative estimate of drug-likeness (QED) is 0.794. The first-order chi connectivity index (χ1) is 9.78. The van der Waals surface area contributed by atoms with Gasteiger partial charge in [0.25, 0.3) is 0 Å². The monoisotopic (exact) mass is 268 g/mol. The largest absolute Gasteiger partial charge is 0.325 e. The zero-order valence-corrected chi connectivity index (χ0v) is 10.7. The minimum Gasteiger partial charge on any atom is -0.325 e. The van der Waals surface area contributed by atoms with Crippen LogP contribution in [-0.2, 0) is 6.54 Å². The second kappa shape index (κ2) is 5.22. The second-order valence-electron chi connectivity index (χ2n) is 4.33. The molecule has 20 heavy (non-hydrogen) atoms. The van der Waals surface area contributed by atoms with E-state index in [9.17, 15) is 4.39 Å². The van der Waals surface area contributed by atoms with E-state index >= 15 is 0 Å². The number of rotatable bonds is 3. The van der Waals surface area contributed by atoms with Crippen LogP contribution in [0.1, 0.15) is 5.69 Å². The summed E-state index contributed by atoms with van der Waals surface area (Å²) in [6.07, 6.45) is 1.70. The van der Waals surface area contributed by atoms with Crippen LogP contribution >= 0.6 is 0 Å². The van der Waals surface area contributed by atoms with Crippen molar-refractivity contribution in [2.75, 3.05) is 0 Å². The third kappa shape index (κ3) is 2.31. The van der Waals surface area contributed by atoms with Gasteiger partial charge in [0.1, 0.15) is 5.82 Å². The summed E-state index contributed by atoms with van der Waals surface area (Å²) in [6, 6.07) is 13.8. The van der Waals surface area contributed by atoms with Crippen molar-refractivity contribution in [1.29, 1.82) is 0 Å². The summed E-state index contributed by atoms with van der Waals surface area (Å²) >= 11 is 0. The Hall–Kier alpha value is -2.53. The topological polar surface area (TPSA) is 56.7 Å². The van der Waals surface area contributed by atoms with Gasteiger partial charge in [-0.1, -0.05) is 6.07 Å². The summed E-state index contributed by atoms with van der Waals surface area (Å²) in [5, 5.41) is 4.43. The summed E-state index contributed by atoms with van der Waals surface area (Å²) in [7, 11) is 0. The predicted molar refractivity (Wildman–Crippen MR) is 74.6 cm³/mol. The van der Waals surface area contributed by atoms with Crippen LogP contribution in [0.4, 0.5) is 4.39 Å². The van der Waals surface area contributed by atoms with Gasteiger partial charge >= 0.3 is 0 Å². The summed E-state index contributed by atoms with van der Waals surface area (Å²) in [5.41, 5.74) is 8.12. The van der Waals surface area contributed by atoms with Crippen LogP contribution in [0.3, 0.4) is 0 Å². The summed E-state index contributed by atoms with van der Waals surface area (Å²) in [5.74, 6) is 0.434. The van der Waals surface area contributed by atoms with Crippen LogP contribution in [0.25, 0.3) is 17.1 Å². The molecule has 0 spiro atoms. The average Bonchev–Trinajstić information content (AvgIpc) is 2.93. The maximum absolute atomic E-state index is 13.0. The van der Waals surface area contributed by atoms with Crippen LogP contribution in [0.15, 0.2) is 54.7 Å². The Kier molecular flexibility index (Phi) is 3.26. The predicted octanol–water partition coefficient (Wildman–Crippen LogP) is 2.53. The molecule has 0 fully saturated rings. The minimum absolute atomic E-state index is 0.267. The van der Waals surface area contributed by atoms with E-state index in [1.807, 2.05) is 24.3 Å². The average molecular weight is 268 g/mol. The van der Waals surface area contributed by atoms with Crippen molar-refractivity contribution in [2.24, 2.45) is 5.73 Å². The highest BCUT2D eigenvalue weighted by molar-refractivity contribution is 5.62. The molecule has 2 heterocycles. The van der Waals surface area contributed by atoms with Crippen molar-refractivity contribution >= 4 is 0 Å². The smallest absolute Gasteiger partial charge is 0.153 e. The molecule has 2 N–H and O–H groups in total. The maximum atomic E-state index is 13.0. The van der Waals surface area contributed by atoms with E-state index in [4.69, 9.17) is 5.73 Å². The summed E-state index contributed by atoms with van der Waals surface area (Å²) in [6.45, 7) is 0.341. The van der Waals surface area contributed by atoms with Gasteiger partial charge < -0.3 is 5.73 Å². The number of pyridine rings is 1. The highest BCUT2D eigenvalue weighted by Gasteiger charge is 2.11. The normalized spacial score (nSPS) is 10.7. The fourth-order valence-electron chi connectivity index (χ4n) is 2.01. The first kappa shape index (κ1) is 12.5. The van der Waals surface area contributed by atoms with Crippen LogP contribution < -0.4 is 5.73 Å². The fourth-order valence-corrected chi connectivity index (χ4v) is 2.01. The SMILES string of the molecule is NCc1cc(-c2ccc(F)cc2)n(-c2ccccn2)n1. The molecule has 0 unspecified atom stereocenters. The molecule has 2 aromatic heterocycles. The lowest BCUT2D eigenvalue weighted by Crippen LogP contribution is -2.03. The van der Waals surface area contributed by atoms with E-state index in [2.05, 4.69) is 10.1 Å². The van der Waals surface area contributed by atoms with Gasteiger partial charge in [-0.25, -0.2) is 14.1 Å². The van der Waals surface area contributed by atoms with Crippen LogP contribution in [0, 0.1) is 5.82 Å². The third-order valence-corrected chi connectivity index (χ3v) is 2.98. The number of hydrogen-bond donors (Lipinski definition) is 1. The molecule has 0 aliphatic heterocycles. The lowest BCUT2D eigenvalue weighted by Gasteiger charge is -2.06. The van der Waals surface area contributed by atoms with Crippen molar-refractivity contribution in [2.45, 2.75) is 6.54 Å². The molecule has 0 atom stereocenters. The third-order valence-electron chi connectivity index (χ3n) is 2.98. The van der Waals surface area contributed by atoms with Gasteiger partial charge in [-0.15, -0.1) is 0 Å². The molecule has 4 nitrogen and oxygen atoms in total. The minimum atomic E-state index is -0.267. The number of benzene rings is 1. The van der Waals surface area contributed by atoms with Crippen molar-refractivity contribution in [3.8, 4) is 17.1 Å². The van der Waals surface area contributed by atoms with Gasteiger partial charge in [0.2, 0.25) is 0 Å². The van der Waals surface area contributed by atoms with Gasteiger partial charge in [0.15, 0.2) is 5.82 Å². The van der Waals surface area contributed by atoms with Crippen molar-refractivity contribution in [3.05, 3.63) is 66.2 Å². The number of aromatic nitrogens is 3. The zero-order valence-electron chi connectivity index (χ0n) is 10.7. The van der Waals surface area contributed by atoms with Crippen molar-refractivity contribution in [3.63, 3.8) is 0 Å². The highest BCUT2D eigenvalue weighted by atomic mass is 19.1. The molecule has 0 saturated heterocycles. The molecule has 0 aliphatic carbocycles. The van der Waals surface area contributed by atoms with Crippen LogP contribution in [0.2, 0.25) is 0 Å². The molecule has 5 heteroatoms. The van der Waals surface area contributed by atoms with Crippen molar-refractivity contribution < 1.29 is 4.39 Å². The molecule has 0 amide bonds. The Bertz CT molecular complexity index is 704. The van der Waals surface area contributed by atoms with E-state index in [1.165, 1.54) is 12.1 Å². The van der Waals surface area contributed by atoms with Crippen molar-refractivity contribution in [1.82, 2.24) is 14.8 Å². The Labute approximate surface area is 115 Å². The van der Waals surface area contributed by atoms with Crippen LogP contribution in [-0.4, -0.2) is 14.8 Å². The van der Waals surface area contributed by atoms with E-state index < -0.39 is 0 Å². The molecular formula is C15H13FN4. The first-order valence-corrected chi connectivity index (χ1v) is 6.24. The van der Waals surface area contributed by atoms with E-state index in [1.54, 1.807) is 23.0 Å². The first-order valence-electron chi connectivity index (χ1n) is 6.24. The standard InChI is InChI=1S/C15H13FN4/c16-12-6-4-11(5-7-12)14-9-13(10-17)19-20(14)15-3-1-2-8-18-15/h1-9H,10,17H2. The van der Waals surface area contributed by atoms with Gasteiger partial charge in [-0.05, 0) is 42.5 Å². The molecule has 1 aromatic carbocycles. The number of halogens is 1. The van der Waals surface area contributed by atoms with Gasteiger partial charge in [-0.2, -0.15) is 5.10 Å². The zero-order chi connectivity index (χ0) is 13.9. The van der Waals surface area contributed by atoms with Gasteiger partial charge in [0.05, 0.1) is 11.4 Å². The lowest BCUT2D eigenvalue weighted by atomic mass is 10.1. The van der Waals surface area contributed by atoms with E-state index in [-0.39, 0.29) is 5.82 Å². The van der Waals surface area contributed by atoms with E-state index in [0.29, 0.717) is 12.4 Å². The number of hydrogen-bond acceptors (Lipinski definition) is 3. The number of nitrogens with two attached hydrogens (primary N) is 1. The summed E-state index contributed by atoms with van der Waals surface area (Å²) in [4.78, 5) is 4.29. The molecule has 0 bridgehead atoms. The molecular weight excluding hydrogens is 255 g/mol. The lowest BCUT2D eigenvalue weighted by molar-refractivity contribution is 0.628. The Morgan fingerprint density at radius 2 is 1.90 bits per heavy atom. The summed E-state index contributed by atoms with van der Waals surface area (Å²) < 4.78 is 14.8. The second-order valence-corrected chi connectivity index (χ2v) is 4.33. The van der Waals surface area contributed by atoms with Gasteiger partial charge in [0, 0.05) is 18.3 Å². The van der Waals surface area contributed by atoms with Gasteiger partial charge in [-0.3, -0.25) is 0 Å². The molecule has 0 saturated carbocycles. The Morgan fingerprint density at radius 3 is 2.55 bits per heavy atom. The fraction of sp³-hybridized carbons (Fsp3) is 0.0667. The number of nitrogens with zero attached hydrogens (tertiary/aromatic N) is 3. The molecule has 3 aromatic rings. The molecule has 0 aliphatic rings. The Morgan fingerprint density at radius 1 is 1.10 bits per heavy atom. The van der Waals surface area contributed by atoms with E-state index in [0.717, 1.165) is 17.0 Å². The maximum Gasteiger partial charge on any atom is 0.153 e. The highest BCUT2D eigenvalue weighted by Crippen LogP contribution is 2.23. The molecule has 0 radical (unpaired) electrons. The molecule has 3 rings (SSSR count). The van der Waals surface area contributed by atoms with Crippen LogP contribution in [0.5, 0.6) is 0 Å².